The average Bonchev–Trinajstić information content (AvgIpc) is 2.19. The average molecular weight is 276 g/mol. The van der Waals surface area contributed by atoms with Crippen LogP contribution in [0.15, 0.2) is 0 Å². The summed E-state index contributed by atoms with van der Waals surface area (Å²) in [5.41, 5.74) is 0. The summed E-state index contributed by atoms with van der Waals surface area (Å²) < 4.78 is 29.4. The summed E-state index contributed by atoms with van der Waals surface area (Å²) in [5.74, 6) is -0.343. The quantitative estimate of drug-likeness (QED) is 0.320. The van der Waals surface area contributed by atoms with E-state index in [4.69, 9.17) is 4.55 Å². The van der Waals surface area contributed by atoms with E-state index in [-0.39, 0.29) is 43.2 Å². The summed E-state index contributed by atoms with van der Waals surface area (Å²) in [7, 11) is -3.92. The Morgan fingerprint density at radius 1 is 1.06 bits per heavy atom. The second-order valence-corrected chi connectivity index (χ2v) is 5.86. The predicted molar refractivity (Wildman–Crippen MR) is 66.1 cm³/mol. The molecule has 1 unspecified atom stereocenters. The molecule has 0 bridgehead atoms. The summed E-state index contributed by atoms with van der Waals surface area (Å²) in [6, 6.07) is 0. The number of unbranched alkanes of at least 4 members (excludes halogenated alkanes) is 5. The van der Waals surface area contributed by atoms with Gasteiger partial charge in [0.2, 0.25) is 0 Å². The fourth-order valence-electron chi connectivity index (χ4n) is 1.59. The minimum absolute atomic E-state index is 0. The monoisotopic (exact) mass is 276 g/mol. The third kappa shape index (κ3) is 16.9. The Labute approximate surface area is 129 Å². The fraction of sp³-hybridized carbons (Fsp3) is 1.00. The molecule has 0 radical (unpaired) electrons. The molecule has 100 valence electrons. The van der Waals surface area contributed by atoms with Gasteiger partial charge in [0, 0.05) is 0 Å². The summed E-state index contributed by atoms with van der Waals surface area (Å²) in [5, 5.41) is 9.44. The van der Waals surface area contributed by atoms with E-state index in [1.54, 1.807) is 0 Å². The zero-order chi connectivity index (χ0) is 12.4. The van der Waals surface area contributed by atoms with Crippen molar-refractivity contribution in [3.63, 3.8) is 0 Å². The summed E-state index contributed by atoms with van der Waals surface area (Å²) >= 11 is 0. The topological polar surface area (TPSA) is 74.6 Å². The van der Waals surface area contributed by atoms with Crippen molar-refractivity contribution < 1.29 is 49.1 Å². The predicted octanol–water partition coefficient (Wildman–Crippen LogP) is -0.508. The number of rotatable bonds is 10. The van der Waals surface area contributed by atoms with Gasteiger partial charge in [-0.2, -0.15) is 8.42 Å². The molecule has 0 saturated carbocycles. The van der Waals surface area contributed by atoms with Crippen molar-refractivity contribution in [2.24, 2.45) is 0 Å². The molecule has 0 aromatic heterocycles. The molecule has 1 atom stereocenters. The number of aliphatic hydroxyl groups excluding tert-OH is 1. The van der Waals surface area contributed by atoms with E-state index >= 15 is 0 Å². The zero-order valence-corrected chi connectivity index (χ0v) is 13.9. The normalized spacial score (nSPS) is 13.1. The van der Waals surface area contributed by atoms with E-state index in [0.717, 1.165) is 12.8 Å². The van der Waals surface area contributed by atoms with Crippen molar-refractivity contribution in [1.82, 2.24) is 0 Å². The van der Waals surface area contributed by atoms with Crippen LogP contribution in [0.2, 0.25) is 0 Å². The van der Waals surface area contributed by atoms with Crippen molar-refractivity contribution in [3.8, 4) is 0 Å². The second kappa shape index (κ2) is 11.9. The minimum Gasteiger partial charge on any atom is -1.00 e. The molecule has 0 aliphatic rings. The Morgan fingerprint density at radius 2 is 1.59 bits per heavy atom. The van der Waals surface area contributed by atoms with Crippen LogP contribution in [0.1, 0.15) is 59.7 Å². The van der Waals surface area contributed by atoms with Gasteiger partial charge in [0.15, 0.2) is 0 Å². The van der Waals surface area contributed by atoms with E-state index in [1.807, 2.05) is 0 Å². The molecule has 0 aromatic rings. The van der Waals surface area contributed by atoms with Gasteiger partial charge in [-0.25, -0.2) is 0 Å². The molecule has 4 nitrogen and oxygen atoms in total. The van der Waals surface area contributed by atoms with Gasteiger partial charge in [-0.15, -0.1) is 0 Å². The largest absolute Gasteiger partial charge is 1.00 e. The maximum atomic E-state index is 10.4. The van der Waals surface area contributed by atoms with Crippen LogP contribution in [0, 0.1) is 0 Å². The third-order valence-corrected chi connectivity index (χ3v) is 3.35. The first-order valence-electron chi connectivity index (χ1n) is 6.09. The van der Waals surface area contributed by atoms with E-state index < -0.39 is 16.2 Å². The van der Waals surface area contributed by atoms with Crippen molar-refractivity contribution in [1.29, 1.82) is 0 Å². The Morgan fingerprint density at radius 3 is 2.12 bits per heavy atom. The van der Waals surface area contributed by atoms with Gasteiger partial charge in [0.25, 0.3) is 10.1 Å². The van der Waals surface area contributed by atoms with E-state index in [1.165, 1.54) is 25.7 Å². The van der Waals surface area contributed by atoms with Gasteiger partial charge in [-0.3, -0.25) is 4.55 Å². The van der Waals surface area contributed by atoms with Gasteiger partial charge < -0.3 is 6.53 Å². The van der Waals surface area contributed by atoms with Crippen molar-refractivity contribution in [2.75, 3.05) is 5.75 Å². The standard InChI is InChI=1S/C11H24O4S.Na.H/c1-2-3-4-5-6-7-8-11(12)9-10-16(13,14)15;;/h11-12H,2-10H2,1H3,(H,13,14,15);;/q;+1;-1. The van der Waals surface area contributed by atoms with E-state index in [9.17, 15) is 13.5 Å². The maximum absolute atomic E-state index is 10.4. The minimum atomic E-state index is -3.92. The maximum Gasteiger partial charge on any atom is 1.00 e. The first-order valence-corrected chi connectivity index (χ1v) is 7.70. The molecular weight excluding hydrogens is 251 g/mol. The molecule has 0 aliphatic carbocycles. The molecule has 17 heavy (non-hydrogen) atoms. The van der Waals surface area contributed by atoms with Gasteiger partial charge in [0.05, 0.1) is 11.9 Å². The number of hydrogen-bond donors (Lipinski definition) is 2. The summed E-state index contributed by atoms with van der Waals surface area (Å²) in [4.78, 5) is 0. The second-order valence-electron chi connectivity index (χ2n) is 4.28. The van der Waals surface area contributed by atoms with Crippen LogP contribution in [-0.4, -0.2) is 29.9 Å². The van der Waals surface area contributed by atoms with Crippen molar-refractivity contribution >= 4 is 10.1 Å². The molecular formula is C11H25NaO4S. The van der Waals surface area contributed by atoms with E-state index in [0.29, 0.717) is 6.42 Å². The molecule has 0 fully saturated rings. The molecule has 0 saturated heterocycles. The van der Waals surface area contributed by atoms with Gasteiger partial charge in [-0.1, -0.05) is 45.4 Å². The Bertz CT molecular complexity index is 260. The first kappa shape index (κ1) is 20.2. The van der Waals surface area contributed by atoms with Crippen LogP contribution in [0.3, 0.4) is 0 Å². The summed E-state index contributed by atoms with van der Waals surface area (Å²) in [6.45, 7) is 2.17. The van der Waals surface area contributed by atoms with Crippen LogP contribution >= 0.6 is 0 Å². The van der Waals surface area contributed by atoms with E-state index in [2.05, 4.69) is 6.92 Å². The molecule has 0 heterocycles. The first-order chi connectivity index (χ1) is 7.45. The Hall–Kier alpha value is 0.870. The molecule has 0 rings (SSSR count). The molecule has 0 aromatic carbocycles. The third-order valence-electron chi connectivity index (χ3n) is 2.60. The zero-order valence-electron chi connectivity index (χ0n) is 12.1. The molecule has 0 aliphatic heterocycles. The van der Waals surface area contributed by atoms with Crippen LogP contribution in [0.4, 0.5) is 0 Å². The van der Waals surface area contributed by atoms with Crippen LogP contribution in [-0.2, 0) is 10.1 Å². The molecule has 0 amide bonds. The van der Waals surface area contributed by atoms with Crippen LogP contribution in [0.25, 0.3) is 0 Å². The van der Waals surface area contributed by atoms with Gasteiger partial charge >= 0.3 is 29.6 Å². The fourth-order valence-corrected chi connectivity index (χ4v) is 2.16. The van der Waals surface area contributed by atoms with Crippen molar-refractivity contribution in [2.45, 2.75) is 64.4 Å². The molecule has 2 N–H and O–H groups in total. The molecule has 6 heteroatoms. The SMILES string of the molecule is CCCCCCCCC(O)CCS(=O)(=O)O.[H-].[Na+]. The number of hydrogen-bond acceptors (Lipinski definition) is 3. The van der Waals surface area contributed by atoms with Gasteiger partial charge in [0.1, 0.15) is 0 Å². The van der Waals surface area contributed by atoms with Crippen LogP contribution in [0.5, 0.6) is 0 Å². The Kier molecular flexibility index (Phi) is 14.2. The van der Waals surface area contributed by atoms with Crippen molar-refractivity contribution in [3.05, 3.63) is 0 Å². The molecule has 0 spiro atoms. The smallest absolute Gasteiger partial charge is 1.00 e. The summed E-state index contributed by atoms with van der Waals surface area (Å²) in [6.07, 6.45) is 7.06. The van der Waals surface area contributed by atoms with Crippen LogP contribution < -0.4 is 29.6 Å². The number of aliphatic hydroxyl groups is 1. The van der Waals surface area contributed by atoms with Gasteiger partial charge in [-0.05, 0) is 12.8 Å². The Balaban J connectivity index is -0.00000112.